The predicted octanol–water partition coefficient (Wildman–Crippen LogP) is 3.70. The van der Waals surface area contributed by atoms with Gasteiger partial charge in [0, 0.05) is 5.54 Å². The molecule has 0 saturated heterocycles. The lowest BCUT2D eigenvalue weighted by Crippen LogP contribution is -2.42. The lowest BCUT2D eigenvalue weighted by Gasteiger charge is -2.19. The predicted molar refractivity (Wildman–Crippen MR) is 69.4 cm³/mol. The van der Waals surface area contributed by atoms with Crippen molar-refractivity contribution in [1.82, 2.24) is 5.32 Å². The van der Waals surface area contributed by atoms with Gasteiger partial charge in [-0.1, -0.05) is 26.0 Å². The van der Waals surface area contributed by atoms with E-state index in [-0.39, 0.29) is 5.54 Å². The van der Waals surface area contributed by atoms with Crippen molar-refractivity contribution in [3.63, 3.8) is 0 Å². The second-order valence-electron chi connectivity index (χ2n) is 5.49. The van der Waals surface area contributed by atoms with E-state index in [1.54, 1.807) is 0 Å². The van der Waals surface area contributed by atoms with E-state index in [1.165, 1.54) is 5.56 Å². The Hall–Kier alpha value is -1.51. The van der Waals surface area contributed by atoms with Crippen LogP contribution in [-0.4, -0.2) is 11.6 Å². The van der Waals surface area contributed by atoms with Crippen molar-refractivity contribution in [2.24, 2.45) is 0 Å². The molecule has 3 heteroatoms. The minimum Gasteiger partial charge on any atom is -0.410 e. The highest BCUT2D eigenvalue weighted by atomic mass is 16.6. The molecule has 94 valence electrons. The van der Waals surface area contributed by atoms with Crippen LogP contribution in [0.4, 0.5) is 4.79 Å². The van der Waals surface area contributed by atoms with Crippen LogP contribution in [0.3, 0.4) is 0 Å². The van der Waals surface area contributed by atoms with E-state index < -0.39 is 6.09 Å². The highest BCUT2D eigenvalue weighted by molar-refractivity contribution is 5.71. The number of hydrogen-bond donors (Lipinski definition) is 1. The minimum absolute atomic E-state index is 0.283. The standard InChI is InChI=1S/C14H21NO2/c1-10(2)11-6-8-12(9-7-11)17-13(16)15-14(3,4)5/h6-10H,1-5H3,(H,15,16). The van der Waals surface area contributed by atoms with E-state index in [1.807, 2.05) is 45.0 Å². The summed E-state index contributed by atoms with van der Waals surface area (Å²) in [5.41, 5.74) is 0.947. The molecule has 1 rings (SSSR count). The Morgan fingerprint density at radius 3 is 2.12 bits per heavy atom. The molecule has 0 aliphatic rings. The van der Waals surface area contributed by atoms with Crippen LogP contribution in [0.5, 0.6) is 5.75 Å². The van der Waals surface area contributed by atoms with Gasteiger partial charge in [0.05, 0.1) is 0 Å². The van der Waals surface area contributed by atoms with Gasteiger partial charge in [-0.3, -0.25) is 0 Å². The molecule has 17 heavy (non-hydrogen) atoms. The third-order valence-corrected chi connectivity index (χ3v) is 2.23. The van der Waals surface area contributed by atoms with Gasteiger partial charge in [0.25, 0.3) is 0 Å². The molecular formula is C14H21NO2. The molecule has 0 heterocycles. The molecule has 0 aliphatic carbocycles. The zero-order valence-electron chi connectivity index (χ0n) is 11.2. The normalized spacial score (nSPS) is 11.4. The molecule has 0 unspecified atom stereocenters. The van der Waals surface area contributed by atoms with E-state index in [4.69, 9.17) is 4.74 Å². The average Bonchev–Trinajstić information content (AvgIpc) is 2.15. The summed E-state index contributed by atoms with van der Waals surface area (Å²) in [6, 6.07) is 7.59. The Bertz CT molecular complexity index is 374. The summed E-state index contributed by atoms with van der Waals surface area (Å²) < 4.78 is 5.18. The van der Waals surface area contributed by atoms with Crippen LogP contribution >= 0.6 is 0 Å². The number of nitrogens with one attached hydrogen (secondary N) is 1. The second kappa shape index (κ2) is 5.21. The number of benzene rings is 1. The summed E-state index contributed by atoms with van der Waals surface area (Å²) in [7, 11) is 0. The maximum atomic E-state index is 11.5. The largest absolute Gasteiger partial charge is 0.413 e. The molecule has 0 bridgehead atoms. The van der Waals surface area contributed by atoms with Gasteiger partial charge in [-0.2, -0.15) is 0 Å². The van der Waals surface area contributed by atoms with Gasteiger partial charge in [-0.25, -0.2) is 4.79 Å². The Morgan fingerprint density at radius 1 is 1.18 bits per heavy atom. The number of rotatable bonds is 2. The van der Waals surface area contributed by atoms with Crippen molar-refractivity contribution in [1.29, 1.82) is 0 Å². The zero-order chi connectivity index (χ0) is 13.1. The van der Waals surface area contributed by atoms with Gasteiger partial charge in [0.2, 0.25) is 0 Å². The third-order valence-electron chi connectivity index (χ3n) is 2.23. The molecule has 0 aliphatic heterocycles. The Balaban J connectivity index is 2.61. The fraction of sp³-hybridized carbons (Fsp3) is 0.500. The van der Waals surface area contributed by atoms with Crippen molar-refractivity contribution in [2.45, 2.75) is 46.1 Å². The average molecular weight is 235 g/mol. The van der Waals surface area contributed by atoms with E-state index in [2.05, 4.69) is 19.2 Å². The first-order valence-corrected chi connectivity index (χ1v) is 5.88. The number of carbonyl (C=O) groups excluding carboxylic acids is 1. The fourth-order valence-electron chi connectivity index (χ4n) is 1.36. The third kappa shape index (κ3) is 4.89. The first-order valence-electron chi connectivity index (χ1n) is 5.88. The summed E-state index contributed by atoms with van der Waals surface area (Å²) in [6.45, 7) is 9.99. The van der Waals surface area contributed by atoms with Gasteiger partial charge in [-0.05, 0) is 44.4 Å². The first kappa shape index (κ1) is 13.6. The van der Waals surface area contributed by atoms with Crippen molar-refractivity contribution in [3.8, 4) is 5.75 Å². The summed E-state index contributed by atoms with van der Waals surface area (Å²) in [5.74, 6) is 1.05. The molecule has 0 spiro atoms. The zero-order valence-corrected chi connectivity index (χ0v) is 11.2. The molecule has 1 aromatic carbocycles. The maximum Gasteiger partial charge on any atom is 0.413 e. The van der Waals surface area contributed by atoms with E-state index in [0.717, 1.165) is 0 Å². The maximum absolute atomic E-state index is 11.5. The van der Waals surface area contributed by atoms with Crippen LogP contribution in [0.1, 0.15) is 46.1 Å². The first-order chi connectivity index (χ1) is 7.78. The Morgan fingerprint density at radius 2 is 1.71 bits per heavy atom. The number of amides is 1. The molecule has 0 radical (unpaired) electrons. The summed E-state index contributed by atoms with van der Waals surface area (Å²) in [6.07, 6.45) is -0.421. The lowest BCUT2D eigenvalue weighted by atomic mass is 10.0. The number of hydrogen-bond acceptors (Lipinski definition) is 2. The van der Waals surface area contributed by atoms with E-state index >= 15 is 0 Å². The van der Waals surface area contributed by atoms with Crippen LogP contribution < -0.4 is 10.1 Å². The number of ether oxygens (including phenoxy) is 1. The van der Waals surface area contributed by atoms with Crippen LogP contribution in [-0.2, 0) is 0 Å². The highest BCUT2D eigenvalue weighted by Gasteiger charge is 2.15. The van der Waals surface area contributed by atoms with Crippen molar-refractivity contribution >= 4 is 6.09 Å². The molecule has 1 aromatic rings. The van der Waals surface area contributed by atoms with Crippen LogP contribution in [0.15, 0.2) is 24.3 Å². The van der Waals surface area contributed by atoms with Crippen LogP contribution in [0.2, 0.25) is 0 Å². The monoisotopic (exact) mass is 235 g/mol. The Labute approximate surface area is 103 Å². The molecule has 0 saturated carbocycles. The van der Waals surface area contributed by atoms with E-state index in [0.29, 0.717) is 11.7 Å². The quantitative estimate of drug-likeness (QED) is 0.848. The topological polar surface area (TPSA) is 38.3 Å². The van der Waals surface area contributed by atoms with Crippen molar-refractivity contribution in [2.75, 3.05) is 0 Å². The fourth-order valence-corrected chi connectivity index (χ4v) is 1.36. The Kier molecular flexibility index (Phi) is 4.16. The van der Waals surface area contributed by atoms with E-state index in [9.17, 15) is 4.79 Å². The molecule has 1 N–H and O–H groups in total. The molecule has 1 amide bonds. The van der Waals surface area contributed by atoms with Gasteiger partial charge >= 0.3 is 6.09 Å². The molecular weight excluding hydrogens is 214 g/mol. The van der Waals surface area contributed by atoms with Gasteiger partial charge < -0.3 is 10.1 Å². The summed E-state index contributed by atoms with van der Waals surface area (Å²) in [5, 5.41) is 2.74. The summed E-state index contributed by atoms with van der Waals surface area (Å²) in [4.78, 5) is 11.5. The molecule has 0 atom stereocenters. The second-order valence-corrected chi connectivity index (χ2v) is 5.49. The smallest absolute Gasteiger partial charge is 0.410 e. The van der Waals surface area contributed by atoms with Gasteiger partial charge in [-0.15, -0.1) is 0 Å². The molecule has 0 fully saturated rings. The SMILES string of the molecule is CC(C)c1ccc(OC(=O)NC(C)(C)C)cc1. The van der Waals surface area contributed by atoms with Crippen molar-refractivity contribution in [3.05, 3.63) is 29.8 Å². The van der Waals surface area contributed by atoms with Gasteiger partial charge in [0.15, 0.2) is 0 Å². The highest BCUT2D eigenvalue weighted by Crippen LogP contribution is 2.18. The van der Waals surface area contributed by atoms with Crippen LogP contribution in [0.25, 0.3) is 0 Å². The van der Waals surface area contributed by atoms with Crippen molar-refractivity contribution < 1.29 is 9.53 Å². The molecule has 0 aromatic heterocycles. The minimum atomic E-state index is -0.421. The lowest BCUT2D eigenvalue weighted by molar-refractivity contribution is 0.190. The summed E-state index contributed by atoms with van der Waals surface area (Å²) >= 11 is 0. The molecule has 3 nitrogen and oxygen atoms in total. The number of carbonyl (C=O) groups is 1. The van der Waals surface area contributed by atoms with Gasteiger partial charge in [0.1, 0.15) is 5.75 Å². The van der Waals surface area contributed by atoms with Crippen LogP contribution in [0, 0.1) is 0 Å².